The Morgan fingerprint density at radius 1 is 1.23 bits per heavy atom. The van der Waals surface area contributed by atoms with E-state index in [0.717, 1.165) is 18.8 Å². The van der Waals surface area contributed by atoms with Crippen molar-refractivity contribution in [2.75, 3.05) is 7.05 Å². The number of fused-ring (bicyclic) bond motifs is 1. The third kappa shape index (κ3) is 3.50. The summed E-state index contributed by atoms with van der Waals surface area (Å²) in [6.07, 6.45) is 7.35. The third-order valence-corrected chi connectivity index (χ3v) is 7.09. The smallest absolute Gasteiger partial charge is 0.240 e. The van der Waals surface area contributed by atoms with Crippen LogP contribution < -0.4 is 27.1 Å². The maximum Gasteiger partial charge on any atom is 0.240 e. The van der Waals surface area contributed by atoms with E-state index >= 15 is 0 Å². The van der Waals surface area contributed by atoms with Crippen molar-refractivity contribution < 1.29 is 9.63 Å². The lowest BCUT2D eigenvalue weighted by Gasteiger charge is -2.37. The number of hydrogen-bond donors (Lipinski definition) is 5. The minimum atomic E-state index is -0.189. The zero-order valence-corrected chi connectivity index (χ0v) is 16.1. The van der Waals surface area contributed by atoms with Gasteiger partial charge in [-0.15, -0.1) is 0 Å². The number of amides is 1. The molecule has 8 nitrogen and oxygen atoms in total. The molecule has 2 heterocycles. The number of rotatable bonds is 4. The zero-order valence-electron chi connectivity index (χ0n) is 16.1. The molecular weight excluding hydrogens is 332 g/mol. The predicted molar refractivity (Wildman–Crippen MR) is 98.0 cm³/mol. The lowest BCUT2D eigenvalue weighted by molar-refractivity contribution is -0.124. The summed E-state index contributed by atoms with van der Waals surface area (Å²) in [5.74, 6) is 2.09. The minimum Gasteiger partial charge on any atom is -0.352 e. The fraction of sp³-hybridized carbons (Fsp3) is 0.944. The van der Waals surface area contributed by atoms with Crippen LogP contribution in [-0.2, 0) is 9.63 Å². The first kappa shape index (κ1) is 18.6. The van der Waals surface area contributed by atoms with Gasteiger partial charge in [-0.3, -0.25) is 14.9 Å². The van der Waals surface area contributed by atoms with Crippen LogP contribution in [0.3, 0.4) is 0 Å². The van der Waals surface area contributed by atoms with Crippen LogP contribution in [0.1, 0.15) is 52.4 Å². The Bertz CT molecular complexity index is 520. The number of nitrogens with zero attached hydrogens (tertiary/aromatic N) is 1. The van der Waals surface area contributed by atoms with Crippen molar-refractivity contribution in [2.45, 2.75) is 82.9 Å². The maximum absolute atomic E-state index is 12.7. The third-order valence-electron chi connectivity index (χ3n) is 7.09. The average Bonchev–Trinajstić information content (AvgIpc) is 3.35. The highest BCUT2D eigenvalue weighted by molar-refractivity contribution is 5.83. The highest BCUT2D eigenvalue weighted by Gasteiger charge is 2.44. The van der Waals surface area contributed by atoms with Gasteiger partial charge in [0, 0.05) is 19.1 Å². The molecule has 5 N–H and O–H groups in total. The molecule has 0 bridgehead atoms. The van der Waals surface area contributed by atoms with Crippen molar-refractivity contribution in [3.05, 3.63) is 0 Å². The van der Waals surface area contributed by atoms with Gasteiger partial charge in [-0.05, 0) is 63.2 Å². The molecule has 4 aliphatic rings. The number of carbonyl (C=O) groups excluding carboxylic acids is 1. The van der Waals surface area contributed by atoms with E-state index in [1.54, 1.807) is 0 Å². The predicted octanol–water partition coefficient (Wildman–Crippen LogP) is 0.196. The first-order valence-electron chi connectivity index (χ1n) is 10.3. The van der Waals surface area contributed by atoms with Gasteiger partial charge in [-0.2, -0.15) is 11.0 Å². The topological polar surface area (TPSA) is 89.7 Å². The molecule has 7 unspecified atom stereocenters. The average molecular weight is 367 g/mol. The van der Waals surface area contributed by atoms with Gasteiger partial charge in [0.2, 0.25) is 5.91 Å². The number of hydrogen-bond acceptors (Lipinski definition) is 7. The summed E-state index contributed by atoms with van der Waals surface area (Å²) in [7, 11) is 1.95. The molecule has 0 spiro atoms. The summed E-state index contributed by atoms with van der Waals surface area (Å²) in [4.78, 5) is 18.3. The summed E-state index contributed by atoms with van der Waals surface area (Å²) in [6.45, 7) is 4.20. The molecular formula is C18H34N6O2. The molecule has 4 fully saturated rings. The fourth-order valence-electron chi connectivity index (χ4n) is 5.31. The van der Waals surface area contributed by atoms with Crippen molar-refractivity contribution in [3.8, 4) is 0 Å². The SMILES string of the molecule is CCC1NC(C2CCC3C(CC[C@H]3NC(=O)C3NNN(C)C3C)C2)NO1. The van der Waals surface area contributed by atoms with Crippen molar-refractivity contribution in [3.63, 3.8) is 0 Å². The van der Waals surface area contributed by atoms with Crippen LogP contribution in [0.25, 0.3) is 0 Å². The summed E-state index contributed by atoms with van der Waals surface area (Å²) >= 11 is 0. The van der Waals surface area contributed by atoms with Gasteiger partial charge >= 0.3 is 0 Å². The van der Waals surface area contributed by atoms with E-state index in [9.17, 15) is 4.79 Å². The molecule has 0 aromatic carbocycles. The maximum atomic E-state index is 12.7. The molecule has 2 aliphatic carbocycles. The van der Waals surface area contributed by atoms with Crippen LogP contribution in [0.15, 0.2) is 0 Å². The Morgan fingerprint density at radius 2 is 2.04 bits per heavy atom. The zero-order chi connectivity index (χ0) is 18.3. The molecule has 0 aromatic rings. The van der Waals surface area contributed by atoms with E-state index < -0.39 is 0 Å². The van der Waals surface area contributed by atoms with Crippen LogP contribution in [-0.4, -0.2) is 48.5 Å². The van der Waals surface area contributed by atoms with Crippen LogP contribution in [0.2, 0.25) is 0 Å². The van der Waals surface area contributed by atoms with Gasteiger partial charge < -0.3 is 5.32 Å². The van der Waals surface area contributed by atoms with Crippen LogP contribution in [0, 0.1) is 17.8 Å². The van der Waals surface area contributed by atoms with Crippen LogP contribution in [0.5, 0.6) is 0 Å². The summed E-state index contributed by atoms with van der Waals surface area (Å²) in [5, 5.41) is 8.85. The Morgan fingerprint density at radius 3 is 2.73 bits per heavy atom. The van der Waals surface area contributed by atoms with E-state index in [1.807, 2.05) is 12.1 Å². The molecule has 2 aliphatic heterocycles. The van der Waals surface area contributed by atoms with Crippen molar-refractivity contribution in [2.24, 2.45) is 17.8 Å². The van der Waals surface area contributed by atoms with Gasteiger partial charge in [0.15, 0.2) is 0 Å². The quantitative estimate of drug-likeness (QED) is 0.485. The van der Waals surface area contributed by atoms with Gasteiger partial charge in [-0.25, -0.2) is 10.4 Å². The fourth-order valence-corrected chi connectivity index (χ4v) is 5.31. The molecule has 0 radical (unpaired) electrons. The van der Waals surface area contributed by atoms with Crippen LogP contribution >= 0.6 is 0 Å². The molecule has 4 rings (SSSR count). The number of likely N-dealkylation sites (N-methyl/N-ethyl adjacent to an activating group) is 1. The van der Waals surface area contributed by atoms with E-state index in [-0.39, 0.29) is 30.4 Å². The Hall–Kier alpha value is -0.770. The summed E-state index contributed by atoms with van der Waals surface area (Å²) in [5.41, 5.74) is 9.31. The number of nitrogens with one attached hydrogen (secondary N) is 5. The molecule has 2 saturated heterocycles. The van der Waals surface area contributed by atoms with Crippen molar-refractivity contribution in [1.29, 1.82) is 0 Å². The van der Waals surface area contributed by atoms with Crippen molar-refractivity contribution in [1.82, 2.24) is 32.1 Å². The standard InChI is InChI=1S/C18H34N6O2/c1-4-15-20-17(22-26-15)12-5-7-13-11(9-12)6-8-14(13)19-18(25)16-10(2)24(3)23-21-16/h10-17,20-23H,4-9H2,1-3H3,(H,19,25)/t10?,11?,12?,13?,14-,15?,16?,17?/m1/s1. The number of hydroxylamine groups is 1. The van der Waals surface area contributed by atoms with Crippen molar-refractivity contribution >= 4 is 5.91 Å². The van der Waals surface area contributed by atoms with Gasteiger partial charge in [0.25, 0.3) is 0 Å². The molecule has 1 amide bonds. The number of hydrazine groups is 2. The van der Waals surface area contributed by atoms with Crippen LogP contribution in [0.4, 0.5) is 0 Å². The van der Waals surface area contributed by atoms with Gasteiger partial charge in [-0.1, -0.05) is 6.92 Å². The minimum absolute atomic E-state index is 0.125. The highest BCUT2D eigenvalue weighted by Crippen LogP contribution is 2.45. The molecule has 8 heteroatoms. The molecule has 26 heavy (non-hydrogen) atoms. The second kappa shape index (κ2) is 7.69. The van der Waals surface area contributed by atoms with E-state index in [0.29, 0.717) is 17.9 Å². The summed E-state index contributed by atoms with van der Waals surface area (Å²) in [6, 6.07) is 0.289. The second-order valence-electron chi connectivity index (χ2n) is 8.55. The second-order valence-corrected chi connectivity index (χ2v) is 8.55. The van der Waals surface area contributed by atoms with Gasteiger partial charge in [0.05, 0.1) is 6.17 Å². The number of carbonyl (C=O) groups is 1. The molecule has 8 atom stereocenters. The lowest BCUT2D eigenvalue weighted by Crippen LogP contribution is -2.51. The highest BCUT2D eigenvalue weighted by atomic mass is 16.7. The first-order chi connectivity index (χ1) is 12.6. The van der Waals surface area contributed by atoms with Gasteiger partial charge in [0.1, 0.15) is 12.3 Å². The largest absolute Gasteiger partial charge is 0.352 e. The molecule has 148 valence electrons. The monoisotopic (exact) mass is 366 g/mol. The van der Waals surface area contributed by atoms with E-state index in [1.165, 1.54) is 25.7 Å². The van der Waals surface area contributed by atoms with E-state index in [4.69, 9.17) is 4.84 Å². The lowest BCUT2D eigenvalue weighted by atomic mass is 9.73. The Balaban J connectivity index is 1.29. The first-order valence-corrected chi connectivity index (χ1v) is 10.3. The molecule has 0 aromatic heterocycles. The normalized spacial score (nSPS) is 46.4. The molecule has 2 saturated carbocycles. The Labute approximate surface area is 156 Å². The summed E-state index contributed by atoms with van der Waals surface area (Å²) < 4.78 is 0. The van der Waals surface area contributed by atoms with E-state index in [2.05, 4.69) is 40.9 Å². The Kier molecular flexibility index (Phi) is 5.50.